The first-order chi connectivity index (χ1) is 10.2. The van der Waals surface area contributed by atoms with Crippen molar-refractivity contribution in [1.29, 1.82) is 0 Å². The van der Waals surface area contributed by atoms with Crippen molar-refractivity contribution in [2.75, 3.05) is 6.54 Å². The van der Waals surface area contributed by atoms with Gasteiger partial charge in [0.25, 0.3) is 0 Å². The number of imidazole rings is 1. The van der Waals surface area contributed by atoms with E-state index >= 15 is 0 Å². The van der Waals surface area contributed by atoms with Gasteiger partial charge in [0.2, 0.25) is 5.91 Å². The SMILES string of the molecule is Cn1ccnc1CN(C(=O)C1NCC2CCCC21)C1CC1. The van der Waals surface area contributed by atoms with Gasteiger partial charge in [-0.2, -0.15) is 0 Å². The first kappa shape index (κ1) is 13.3. The molecule has 2 aliphatic carbocycles. The highest BCUT2D eigenvalue weighted by Crippen LogP contribution is 2.39. The molecule has 4 rings (SSSR count). The number of aromatic nitrogens is 2. The van der Waals surface area contributed by atoms with Crippen molar-refractivity contribution in [3.8, 4) is 0 Å². The summed E-state index contributed by atoms with van der Waals surface area (Å²) in [4.78, 5) is 19.5. The molecule has 1 aromatic rings. The van der Waals surface area contributed by atoms with Gasteiger partial charge in [0.15, 0.2) is 0 Å². The smallest absolute Gasteiger partial charge is 0.240 e. The van der Waals surface area contributed by atoms with E-state index in [0.717, 1.165) is 31.1 Å². The van der Waals surface area contributed by atoms with Crippen molar-refractivity contribution in [3.63, 3.8) is 0 Å². The van der Waals surface area contributed by atoms with E-state index in [4.69, 9.17) is 0 Å². The average Bonchev–Trinajstić information content (AvgIpc) is 2.88. The number of hydrogen-bond acceptors (Lipinski definition) is 3. The number of carbonyl (C=O) groups excluding carboxylic acids is 1. The highest BCUT2D eigenvalue weighted by Gasteiger charge is 2.46. The van der Waals surface area contributed by atoms with E-state index in [0.29, 0.717) is 24.4 Å². The number of aryl methyl sites for hydroxylation is 1. The fraction of sp³-hybridized carbons (Fsp3) is 0.750. The van der Waals surface area contributed by atoms with Crippen molar-refractivity contribution in [1.82, 2.24) is 19.8 Å². The van der Waals surface area contributed by atoms with E-state index in [1.807, 2.05) is 24.0 Å². The van der Waals surface area contributed by atoms with Crippen LogP contribution in [-0.4, -0.2) is 39.0 Å². The highest BCUT2D eigenvalue weighted by molar-refractivity contribution is 5.83. The molecule has 0 bridgehead atoms. The van der Waals surface area contributed by atoms with Crippen LogP contribution in [0.15, 0.2) is 12.4 Å². The molecule has 21 heavy (non-hydrogen) atoms. The Hall–Kier alpha value is -1.36. The van der Waals surface area contributed by atoms with Crippen LogP contribution in [-0.2, 0) is 18.4 Å². The summed E-state index contributed by atoms with van der Waals surface area (Å²) in [5.74, 6) is 2.60. The van der Waals surface area contributed by atoms with Gasteiger partial charge in [-0.05, 0) is 44.1 Å². The average molecular weight is 288 g/mol. The fourth-order valence-corrected chi connectivity index (χ4v) is 4.11. The van der Waals surface area contributed by atoms with Crippen LogP contribution in [0.2, 0.25) is 0 Å². The molecular formula is C16H24N4O. The van der Waals surface area contributed by atoms with E-state index in [1.54, 1.807) is 0 Å². The second-order valence-corrected chi connectivity index (χ2v) is 6.89. The van der Waals surface area contributed by atoms with Crippen molar-refractivity contribution in [3.05, 3.63) is 18.2 Å². The molecule has 3 unspecified atom stereocenters. The second kappa shape index (κ2) is 5.13. The van der Waals surface area contributed by atoms with Crippen LogP contribution >= 0.6 is 0 Å². The Balaban J connectivity index is 1.51. The maximum absolute atomic E-state index is 13.0. The van der Waals surface area contributed by atoms with Gasteiger partial charge in [0, 0.05) is 25.5 Å². The number of hydrogen-bond donors (Lipinski definition) is 1. The van der Waals surface area contributed by atoms with Gasteiger partial charge >= 0.3 is 0 Å². The zero-order valence-corrected chi connectivity index (χ0v) is 12.7. The molecule has 3 aliphatic rings. The Morgan fingerprint density at radius 3 is 3.00 bits per heavy atom. The summed E-state index contributed by atoms with van der Waals surface area (Å²) in [5.41, 5.74) is 0. The van der Waals surface area contributed by atoms with Gasteiger partial charge in [-0.1, -0.05) is 6.42 Å². The Kier molecular flexibility index (Phi) is 3.25. The summed E-state index contributed by atoms with van der Waals surface area (Å²) in [6, 6.07) is 0.495. The molecule has 3 fully saturated rings. The van der Waals surface area contributed by atoms with E-state index in [1.165, 1.54) is 19.3 Å². The minimum absolute atomic E-state index is 0.0540. The number of amides is 1. The summed E-state index contributed by atoms with van der Waals surface area (Å²) in [7, 11) is 2.00. The van der Waals surface area contributed by atoms with Crippen molar-refractivity contribution in [2.24, 2.45) is 18.9 Å². The van der Waals surface area contributed by atoms with Gasteiger partial charge < -0.3 is 14.8 Å². The summed E-state index contributed by atoms with van der Waals surface area (Å²) >= 11 is 0. The maximum Gasteiger partial charge on any atom is 0.240 e. The monoisotopic (exact) mass is 288 g/mol. The topological polar surface area (TPSA) is 50.2 Å². The summed E-state index contributed by atoms with van der Waals surface area (Å²) < 4.78 is 2.02. The molecule has 5 heteroatoms. The Morgan fingerprint density at radius 2 is 2.29 bits per heavy atom. The van der Waals surface area contributed by atoms with E-state index in [2.05, 4.69) is 15.2 Å². The summed E-state index contributed by atoms with van der Waals surface area (Å²) in [5, 5.41) is 3.50. The molecule has 2 heterocycles. The zero-order chi connectivity index (χ0) is 14.4. The van der Waals surface area contributed by atoms with E-state index in [9.17, 15) is 4.79 Å². The molecule has 0 radical (unpaired) electrons. The third-order valence-corrected chi connectivity index (χ3v) is 5.52. The Bertz CT molecular complexity index is 536. The molecule has 5 nitrogen and oxygen atoms in total. The standard InChI is InChI=1S/C16H24N4O/c1-19-8-7-17-14(19)10-20(12-5-6-12)16(21)15-13-4-2-3-11(13)9-18-15/h7-8,11-13,15,18H,2-6,9-10H2,1H3. The molecular weight excluding hydrogens is 264 g/mol. The molecule has 0 aromatic carbocycles. The number of nitrogens with zero attached hydrogens (tertiary/aromatic N) is 3. The minimum Gasteiger partial charge on any atom is -0.337 e. The van der Waals surface area contributed by atoms with Crippen LogP contribution in [0.3, 0.4) is 0 Å². The third kappa shape index (κ3) is 2.37. The lowest BCUT2D eigenvalue weighted by atomic mass is 9.93. The predicted octanol–water partition coefficient (Wildman–Crippen LogP) is 1.30. The molecule has 1 aromatic heterocycles. The molecule has 0 spiro atoms. The largest absolute Gasteiger partial charge is 0.337 e. The normalized spacial score (nSPS) is 31.4. The van der Waals surface area contributed by atoms with Crippen molar-refractivity contribution >= 4 is 5.91 Å². The molecule has 3 atom stereocenters. The van der Waals surface area contributed by atoms with Crippen molar-refractivity contribution < 1.29 is 4.79 Å². The van der Waals surface area contributed by atoms with Gasteiger partial charge in [0.1, 0.15) is 5.82 Å². The van der Waals surface area contributed by atoms with Crippen LogP contribution in [0.25, 0.3) is 0 Å². The lowest BCUT2D eigenvalue weighted by Gasteiger charge is -2.28. The second-order valence-electron chi connectivity index (χ2n) is 6.89. The quantitative estimate of drug-likeness (QED) is 0.908. The Morgan fingerprint density at radius 1 is 1.43 bits per heavy atom. The first-order valence-electron chi connectivity index (χ1n) is 8.24. The van der Waals surface area contributed by atoms with Crippen LogP contribution in [0.4, 0.5) is 0 Å². The molecule has 114 valence electrons. The number of fused-ring (bicyclic) bond motifs is 1. The van der Waals surface area contributed by atoms with E-state index in [-0.39, 0.29) is 6.04 Å². The Labute approximate surface area is 125 Å². The number of nitrogens with one attached hydrogen (secondary N) is 1. The molecule has 2 saturated carbocycles. The maximum atomic E-state index is 13.0. The highest BCUT2D eigenvalue weighted by atomic mass is 16.2. The number of rotatable bonds is 4. The van der Waals surface area contributed by atoms with Crippen molar-refractivity contribution in [2.45, 2.75) is 50.7 Å². The first-order valence-corrected chi connectivity index (χ1v) is 8.24. The minimum atomic E-state index is 0.0540. The molecule has 1 aliphatic heterocycles. The lowest BCUT2D eigenvalue weighted by Crippen LogP contribution is -2.47. The van der Waals surface area contributed by atoms with Gasteiger partial charge in [-0.3, -0.25) is 4.79 Å². The lowest BCUT2D eigenvalue weighted by molar-refractivity contribution is -0.135. The molecule has 1 N–H and O–H groups in total. The molecule has 1 saturated heterocycles. The van der Waals surface area contributed by atoms with Crippen LogP contribution < -0.4 is 5.32 Å². The van der Waals surface area contributed by atoms with E-state index < -0.39 is 0 Å². The van der Waals surface area contributed by atoms with Crippen LogP contribution in [0.5, 0.6) is 0 Å². The third-order valence-electron chi connectivity index (χ3n) is 5.52. The summed E-state index contributed by atoms with van der Waals surface area (Å²) in [6.45, 7) is 1.69. The van der Waals surface area contributed by atoms with Gasteiger partial charge in [0.05, 0.1) is 12.6 Å². The van der Waals surface area contributed by atoms with Crippen LogP contribution in [0.1, 0.15) is 37.9 Å². The predicted molar refractivity (Wildman–Crippen MR) is 79.4 cm³/mol. The van der Waals surface area contributed by atoms with Crippen LogP contribution in [0, 0.1) is 11.8 Å². The summed E-state index contributed by atoms with van der Waals surface area (Å²) in [6.07, 6.45) is 9.87. The zero-order valence-electron chi connectivity index (χ0n) is 12.7. The fourth-order valence-electron chi connectivity index (χ4n) is 4.11. The van der Waals surface area contributed by atoms with Gasteiger partial charge in [-0.15, -0.1) is 0 Å². The number of carbonyl (C=O) groups is 1. The molecule has 1 amide bonds. The van der Waals surface area contributed by atoms with Gasteiger partial charge in [-0.25, -0.2) is 4.98 Å².